The summed E-state index contributed by atoms with van der Waals surface area (Å²) < 4.78 is 0. The van der Waals surface area contributed by atoms with Gasteiger partial charge in [-0.1, -0.05) is 51.5 Å². The average molecular weight is 286 g/mol. The molecule has 0 aliphatic rings. The molecule has 2 aromatic rings. The van der Waals surface area contributed by atoms with Crippen LogP contribution in [-0.4, -0.2) is 4.98 Å². The minimum Gasteiger partial charge on any atom is -0.383 e. The number of benzene rings is 1. The smallest absolute Gasteiger partial charge is 0.127 e. The molecule has 0 radical (unpaired) electrons. The maximum absolute atomic E-state index is 5.78. The van der Waals surface area contributed by atoms with Gasteiger partial charge in [0.1, 0.15) is 5.82 Å². The van der Waals surface area contributed by atoms with Gasteiger partial charge < -0.3 is 5.73 Å². The molecule has 0 unspecified atom stereocenters. The predicted octanol–water partition coefficient (Wildman–Crippen LogP) is 5.68. The fourth-order valence-corrected chi connectivity index (χ4v) is 1.50. The van der Waals surface area contributed by atoms with Crippen LogP contribution < -0.4 is 5.73 Å². The molecule has 0 saturated heterocycles. The number of hydrogen-bond donors (Lipinski definition) is 1. The van der Waals surface area contributed by atoms with Crippen molar-refractivity contribution in [3.63, 3.8) is 0 Å². The van der Waals surface area contributed by atoms with Crippen LogP contribution in [0, 0.1) is 19.8 Å². The van der Waals surface area contributed by atoms with Crippen molar-refractivity contribution in [2.24, 2.45) is 5.92 Å². The highest BCUT2D eigenvalue weighted by Crippen LogP contribution is 2.22. The lowest BCUT2D eigenvalue weighted by Gasteiger charge is -2.07. The predicted molar refractivity (Wildman–Crippen MR) is 96.6 cm³/mol. The Hall–Kier alpha value is -1.83. The fraction of sp³-hybridized carbons (Fsp3) is 0.421. The zero-order chi connectivity index (χ0) is 16.4. The highest BCUT2D eigenvalue weighted by Gasteiger charge is 2.04. The molecule has 2 nitrogen and oxygen atoms in total. The number of anilines is 1. The normalized spacial score (nSPS) is 9.48. The van der Waals surface area contributed by atoms with Crippen molar-refractivity contribution in [1.82, 2.24) is 4.98 Å². The molecule has 0 amide bonds. The van der Waals surface area contributed by atoms with Gasteiger partial charge in [-0.3, -0.25) is 0 Å². The van der Waals surface area contributed by atoms with Crippen molar-refractivity contribution >= 4 is 16.7 Å². The number of hydrogen-bond acceptors (Lipinski definition) is 2. The molecule has 21 heavy (non-hydrogen) atoms. The second kappa shape index (κ2) is 9.98. The van der Waals surface area contributed by atoms with E-state index in [4.69, 9.17) is 5.73 Å². The number of aryl methyl sites for hydroxylation is 1. The summed E-state index contributed by atoms with van der Waals surface area (Å²) in [7, 11) is 0. The van der Waals surface area contributed by atoms with Gasteiger partial charge in [-0.15, -0.1) is 6.58 Å². The van der Waals surface area contributed by atoms with Crippen LogP contribution in [0.25, 0.3) is 10.9 Å². The Morgan fingerprint density at radius 3 is 2.14 bits per heavy atom. The number of pyridine rings is 1. The van der Waals surface area contributed by atoms with Crippen molar-refractivity contribution in [2.45, 2.75) is 48.0 Å². The van der Waals surface area contributed by atoms with Crippen molar-refractivity contribution in [2.75, 3.05) is 5.73 Å². The molecule has 116 valence electrons. The second-order valence-corrected chi connectivity index (χ2v) is 5.47. The fourth-order valence-electron chi connectivity index (χ4n) is 1.50. The van der Waals surface area contributed by atoms with Crippen LogP contribution in [0.5, 0.6) is 0 Å². The molecular weight excluding hydrogens is 256 g/mol. The highest BCUT2D eigenvalue weighted by molar-refractivity contribution is 5.85. The Morgan fingerprint density at radius 1 is 1.19 bits per heavy atom. The van der Waals surface area contributed by atoms with E-state index in [0.29, 0.717) is 5.82 Å². The van der Waals surface area contributed by atoms with Crippen molar-refractivity contribution in [3.8, 4) is 0 Å². The van der Waals surface area contributed by atoms with Crippen molar-refractivity contribution < 1.29 is 0 Å². The van der Waals surface area contributed by atoms with E-state index >= 15 is 0 Å². The maximum atomic E-state index is 5.78. The molecule has 0 spiro atoms. The molecule has 0 aliphatic heterocycles. The quantitative estimate of drug-likeness (QED) is 0.685. The Morgan fingerprint density at radius 2 is 1.67 bits per heavy atom. The summed E-state index contributed by atoms with van der Waals surface area (Å²) in [5, 5.41) is 1.19. The molecule has 2 rings (SSSR count). The monoisotopic (exact) mass is 286 g/mol. The third kappa shape index (κ3) is 6.44. The van der Waals surface area contributed by atoms with Gasteiger partial charge in [0.2, 0.25) is 0 Å². The summed E-state index contributed by atoms with van der Waals surface area (Å²) >= 11 is 0. The first-order valence-electron chi connectivity index (χ1n) is 7.57. The lowest BCUT2D eigenvalue weighted by molar-refractivity contribution is 0.626. The lowest BCUT2D eigenvalue weighted by Crippen LogP contribution is -1.97. The minimum atomic E-state index is 0.635. The summed E-state index contributed by atoms with van der Waals surface area (Å²) in [6.45, 7) is 16.0. The molecule has 1 aromatic carbocycles. The van der Waals surface area contributed by atoms with E-state index in [-0.39, 0.29) is 0 Å². The van der Waals surface area contributed by atoms with E-state index in [2.05, 4.69) is 45.3 Å². The molecule has 0 saturated carbocycles. The molecule has 2 N–H and O–H groups in total. The lowest BCUT2D eigenvalue weighted by atomic mass is 10.1. The van der Waals surface area contributed by atoms with E-state index in [1.165, 1.54) is 17.4 Å². The molecule has 0 bridgehead atoms. The largest absolute Gasteiger partial charge is 0.383 e. The first kappa shape index (κ1) is 19.2. The number of allylic oxidation sites excluding steroid dienone is 1. The van der Waals surface area contributed by atoms with Crippen LogP contribution in [0.4, 0.5) is 5.82 Å². The minimum absolute atomic E-state index is 0.635. The first-order chi connectivity index (χ1) is 9.88. The number of nitrogens with zero attached hydrogens (tertiary/aromatic N) is 1. The van der Waals surface area contributed by atoms with E-state index in [1.807, 2.05) is 32.0 Å². The van der Waals surface area contributed by atoms with Gasteiger partial charge in [0.25, 0.3) is 0 Å². The number of nitrogen functional groups attached to an aromatic ring is 1. The summed E-state index contributed by atoms with van der Waals surface area (Å²) in [5.41, 5.74) is 9.06. The number of fused-ring (bicyclic) bond motifs is 1. The van der Waals surface area contributed by atoms with Gasteiger partial charge in [0.05, 0.1) is 5.52 Å². The van der Waals surface area contributed by atoms with Gasteiger partial charge in [0, 0.05) is 5.39 Å². The standard InChI is InChI=1S/C11H12N2.C5H12.C3H6/c1-7-8(2)11(12)13-10-6-4-3-5-9(7)10;1-4-5(2)3;1-3-2/h3-6H,1-2H3,(H2,12,13);5H,4H2,1-3H3;3H,1H2,2H3. The van der Waals surface area contributed by atoms with Crippen LogP contribution in [0.2, 0.25) is 0 Å². The van der Waals surface area contributed by atoms with E-state index in [0.717, 1.165) is 17.0 Å². The third-order valence-electron chi connectivity index (χ3n) is 3.31. The summed E-state index contributed by atoms with van der Waals surface area (Å²) in [6, 6.07) is 8.05. The molecule has 1 aromatic heterocycles. The van der Waals surface area contributed by atoms with E-state index in [1.54, 1.807) is 6.08 Å². The van der Waals surface area contributed by atoms with Crippen molar-refractivity contribution in [3.05, 3.63) is 48.0 Å². The molecular formula is C19H30N2. The average Bonchev–Trinajstić information content (AvgIpc) is 2.46. The second-order valence-electron chi connectivity index (χ2n) is 5.47. The van der Waals surface area contributed by atoms with Crippen LogP contribution in [0.3, 0.4) is 0 Å². The zero-order valence-corrected chi connectivity index (χ0v) is 14.4. The Bertz CT molecular complexity index is 557. The highest BCUT2D eigenvalue weighted by atomic mass is 14.8. The zero-order valence-electron chi connectivity index (χ0n) is 14.4. The van der Waals surface area contributed by atoms with Gasteiger partial charge in [-0.05, 0) is 43.9 Å². The number of nitrogens with two attached hydrogens (primary N) is 1. The molecule has 0 fully saturated rings. The van der Waals surface area contributed by atoms with Gasteiger partial charge in [0.15, 0.2) is 0 Å². The SMILES string of the molecule is C=CC.CCC(C)C.Cc1c(N)nc2ccccc2c1C. The van der Waals surface area contributed by atoms with Gasteiger partial charge >= 0.3 is 0 Å². The van der Waals surface area contributed by atoms with E-state index in [9.17, 15) is 0 Å². The summed E-state index contributed by atoms with van der Waals surface area (Å²) in [6.07, 6.45) is 3.06. The van der Waals surface area contributed by atoms with Crippen LogP contribution >= 0.6 is 0 Å². The van der Waals surface area contributed by atoms with Crippen LogP contribution in [0.1, 0.15) is 45.2 Å². The Labute approximate surface area is 130 Å². The van der Waals surface area contributed by atoms with E-state index < -0.39 is 0 Å². The molecule has 1 heterocycles. The Balaban J connectivity index is 0.000000422. The summed E-state index contributed by atoms with van der Waals surface area (Å²) in [4.78, 5) is 4.31. The maximum Gasteiger partial charge on any atom is 0.127 e. The third-order valence-corrected chi connectivity index (χ3v) is 3.31. The first-order valence-corrected chi connectivity index (χ1v) is 7.57. The molecule has 0 atom stereocenters. The number of para-hydroxylation sites is 1. The molecule has 2 heteroatoms. The Kier molecular flexibility index (Phi) is 9.11. The molecule has 0 aliphatic carbocycles. The number of aromatic nitrogens is 1. The summed E-state index contributed by atoms with van der Waals surface area (Å²) in [5.74, 6) is 1.52. The van der Waals surface area contributed by atoms with Gasteiger partial charge in [-0.25, -0.2) is 4.98 Å². The topological polar surface area (TPSA) is 38.9 Å². The number of rotatable bonds is 1. The van der Waals surface area contributed by atoms with Crippen molar-refractivity contribution in [1.29, 1.82) is 0 Å². The van der Waals surface area contributed by atoms with Crippen LogP contribution in [0.15, 0.2) is 36.9 Å². The van der Waals surface area contributed by atoms with Gasteiger partial charge in [-0.2, -0.15) is 0 Å². The van der Waals surface area contributed by atoms with Crippen LogP contribution in [-0.2, 0) is 0 Å².